The summed E-state index contributed by atoms with van der Waals surface area (Å²) in [5.41, 5.74) is 2.18. The molecule has 0 bridgehead atoms. The van der Waals surface area contributed by atoms with Gasteiger partial charge in [-0.25, -0.2) is 9.78 Å². The third-order valence-electron chi connectivity index (χ3n) is 6.43. The Morgan fingerprint density at radius 2 is 1.85 bits per heavy atom. The second kappa shape index (κ2) is 11.9. The van der Waals surface area contributed by atoms with E-state index in [1.165, 1.54) is 32.4 Å². The normalized spacial score (nSPS) is 14.0. The average Bonchev–Trinajstić information content (AvgIpc) is 3.55. The Hall–Kier alpha value is -3.87. The Bertz CT molecular complexity index is 1480. The molecule has 4 aromatic rings. The summed E-state index contributed by atoms with van der Waals surface area (Å²) in [6.07, 6.45) is 3.92. The van der Waals surface area contributed by atoms with Crippen molar-refractivity contribution in [1.82, 2.24) is 15.0 Å². The van der Waals surface area contributed by atoms with Crippen LogP contribution in [-0.4, -0.2) is 47.3 Å². The molecule has 1 fully saturated rings. The number of nitrogens with one attached hydrogen (secondary N) is 2. The number of urea groups is 1. The van der Waals surface area contributed by atoms with Gasteiger partial charge < -0.3 is 14.6 Å². The van der Waals surface area contributed by atoms with Gasteiger partial charge in [0.15, 0.2) is 10.8 Å². The first-order valence-electron chi connectivity index (χ1n) is 13.2. The van der Waals surface area contributed by atoms with Crippen LogP contribution >= 0.6 is 11.3 Å². The van der Waals surface area contributed by atoms with Crippen LogP contribution in [0.5, 0.6) is 5.75 Å². The van der Waals surface area contributed by atoms with Crippen LogP contribution in [0.3, 0.4) is 0 Å². The van der Waals surface area contributed by atoms with Crippen molar-refractivity contribution in [1.29, 1.82) is 0 Å². The molecule has 0 aliphatic carbocycles. The molecular weight excluding hydrogens is 510 g/mol. The number of fused-ring (bicyclic) bond motifs is 1. The van der Waals surface area contributed by atoms with Crippen LogP contribution in [0.2, 0.25) is 0 Å². The molecule has 0 spiro atoms. The van der Waals surface area contributed by atoms with Gasteiger partial charge >= 0.3 is 6.03 Å². The predicted molar refractivity (Wildman–Crippen MR) is 156 cm³/mol. The number of benzene rings is 2. The molecule has 202 valence electrons. The number of piperidine rings is 1. The number of hydrogen-bond donors (Lipinski definition) is 2. The maximum atomic E-state index is 12.3. The van der Waals surface area contributed by atoms with Crippen molar-refractivity contribution >= 4 is 39.1 Å². The van der Waals surface area contributed by atoms with Crippen molar-refractivity contribution in [3.8, 4) is 17.6 Å². The first-order valence-corrected chi connectivity index (χ1v) is 14.1. The maximum Gasteiger partial charge on any atom is 0.324 e. The molecule has 9 heteroatoms. The molecule has 1 saturated heterocycles. The minimum atomic E-state index is -0.396. The monoisotopic (exact) mass is 543 g/mol. The van der Waals surface area contributed by atoms with E-state index in [1.807, 2.05) is 51.1 Å². The Morgan fingerprint density at radius 1 is 1.05 bits per heavy atom. The van der Waals surface area contributed by atoms with Gasteiger partial charge in [0.2, 0.25) is 0 Å². The molecule has 2 aromatic carbocycles. The lowest BCUT2D eigenvalue weighted by atomic mass is 9.93. The summed E-state index contributed by atoms with van der Waals surface area (Å²) in [5, 5.41) is 10.1. The van der Waals surface area contributed by atoms with Gasteiger partial charge in [0.05, 0.1) is 10.2 Å². The lowest BCUT2D eigenvalue weighted by molar-refractivity contribution is 0.183. The first-order chi connectivity index (χ1) is 18.8. The van der Waals surface area contributed by atoms with E-state index >= 15 is 0 Å². The smallest absolute Gasteiger partial charge is 0.324 e. The minimum Gasteiger partial charge on any atom is -0.492 e. The predicted octanol–water partition coefficient (Wildman–Crippen LogP) is 6.49. The fraction of sp³-hybridized carbons (Fsp3) is 0.367. The molecule has 2 aromatic heterocycles. The van der Waals surface area contributed by atoms with Crippen molar-refractivity contribution in [2.24, 2.45) is 0 Å². The number of carbonyl (C=O) groups is 1. The van der Waals surface area contributed by atoms with Crippen LogP contribution in [-0.2, 0) is 5.41 Å². The molecule has 1 aliphatic rings. The number of thiazole rings is 1. The molecule has 0 radical (unpaired) electrons. The maximum absolute atomic E-state index is 12.3. The largest absolute Gasteiger partial charge is 0.492 e. The molecule has 0 unspecified atom stereocenters. The summed E-state index contributed by atoms with van der Waals surface area (Å²) < 4.78 is 12.4. The van der Waals surface area contributed by atoms with Gasteiger partial charge in [-0.1, -0.05) is 38.3 Å². The van der Waals surface area contributed by atoms with Crippen molar-refractivity contribution in [3.63, 3.8) is 0 Å². The van der Waals surface area contributed by atoms with Crippen LogP contribution in [0.25, 0.3) is 10.2 Å². The first kappa shape index (κ1) is 26.7. The number of ether oxygens (including phenoxy) is 1. The molecule has 2 N–H and O–H groups in total. The minimum absolute atomic E-state index is 0.185. The second-order valence-corrected chi connectivity index (χ2v) is 11.7. The summed E-state index contributed by atoms with van der Waals surface area (Å²) in [6.45, 7) is 10.0. The van der Waals surface area contributed by atoms with E-state index in [0.717, 1.165) is 33.1 Å². The topological polar surface area (TPSA) is 92.5 Å². The fourth-order valence-electron chi connectivity index (χ4n) is 4.25. The molecule has 1 aliphatic heterocycles. The van der Waals surface area contributed by atoms with Gasteiger partial charge in [-0.05, 0) is 68.2 Å². The summed E-state index contributed by atoms with van der Waals surface area (Å²) in [4.78, 5) is 19.5. The highest BCUT2D eigenvalue weighted by atomic mass is 32.1. The van der Waals surface area contributed by atoms with E-state index in [0.29, 0.717) is 23.9 Å². The van der Waals surface area contributed by atoms with Crippen molar-refractivity contribution in [2.75, 3.05) is 36.9 Å². The average molecular weight is 544 g/mol. The highest BCUT2D eigenvalue weighted by molar-refractivity contribution is 7.19. The molecule has 0 saturated carbocycles. The summed E-state index contributed by atoms with van der Waals surface area (Å²) in [7, 11) is 0. The molecule has 39 heavy (non-hydrogen) atoms. The highest BCUT2D eigenvalue weighted by Gasteiger charge is 2.20. The molecule has 2 amide bonds. The Kier molecular flexibility index (Phi) is 8.15. The molecule has 0 atom stereocenters. The van der Waals surface area contributed by atoms with Crippen LogP contribution in [0.4, 0.5) is 16.3 Å². The van der Waals surface area contributed by atoms with Crippen LogP contribution in [0.15, 0.2) is 53.1 Å². The Labute approximate surface area is 232 Å². The van der Waals surface area contributed by atoms with Gasteiger partial charge in [-0.2, -0.15) is 0 Å². The van der Waals surface area contributed by atoms with Crippen molar-refractivity contribution in [3.05, 3.63) is 64.9 Å². The number of carbonyl (C=O) groups excluding carboxylic acids is 1. The lowest BCUT2D eigenvalue weighted by Crippen LogP contribution is -2.33. The SMILES string of the molecule is CC(C)(C)c1cc(NC(=O)Nc2ccc(C#Cc3nc4cc(OCCN5CCCCC5)ccc4s3)cc2)no1. The van der Waals surface area contributed by atoms with Gasteiger partial charge in [0.25, 0.3) is 0 Å². The van der Waals surface area contributed by atoms with Gasteiger partial charge in [0, 0.05) is 35.3 Å². The Morgan fingerprint density at radius 3 is 2.59 bits per heavy atom. The van der Waals surface area contributed by atoms with Gasteiger partial charge in [-0.3, -0.25) is 10.2 Å². The molecule has 5 rings (SSSR count). The van der Waals surface area contributed by atoms with Crippen molar-refractivity contribution in [2.45, 2.75) is 45.4 Å². The van der Waals surface area contributed by atoms with Crippen LogP contribution in [0.1, 0.15) is 56.4 Å². The zero-order valence-corrected chi connectivity index (χ0v) is 23.4. The lowest BCUT2D eigenvalue weighted by Gasteiger charge is -2.26. The fourth-order valence-corrected chi connectivity index (χ4v) is 5.05. The van der Waals surface area contributed by atoms with E-state index in [9.17, 15) is 4.79 Å². The molecule has 3 heterocycles. The third kappa shape index (κ3) is 7.37. The number of amides is 2. The van der Waals surface area contributed by atoms with E-state index in [4.69, 9.17) is 9.26 Å². The van der Waals surface area contributed by atoms with Crippen LogP contribution < -0.4 is 15.4 Å². The summed E-state index contributed by atoms with van der Waals surface area (Å²) >= 11 is 1.56. The number of hydrogen-bond acceptors (Lipinski definition) is 7. The Balaban J connectivity index is 1.14. The standard InChI is InChI=1S/C30H33N5O3S/c1-30(2,3)26-20-27(34-38-26)33-29(36)31-22-10-7-21(8-11-22)9-14-28-32-24-19-23(12-13-25(24)39-28)37-18-17-35-15-5-4-6-16-35/h7-8,10-13,19-20H,4-6,15-18H2,1-3H3,(H2,31,33,34,36). The molecule has 8 nitrogen and oxygen atoms in total. The van der Waals surface area contributed by atoms with Gasteiger partial charge in [0.1, 0.15) is 18.1 Å². The van der Waals surface area contributed by atoms with E-state index < -0.39 is 6.03 Å². The van der Waals surface area contributed by atoms with E-state index in [1.54, 1.807) is 29.5 Å². The number of nitrogens with zero attached hydrogens (tertiary/aromatic N) is 3. The zero-order valence-electron chi connectivity index (χ0n) is 22.5. The number of aromatic nitrogens is 2. The van der Waals surface area contributed by atoms with Crippen molar-refractivity contribution < 1.29 is 14.1 Å². The summed E-state index contributed by atoms with van der Waals surface area (Å²) in [5.74, 6) is 8.22. The summed E-state index contributed by atoms with van der Waals surface area (Å²) in [6, 6.07) is 14.7. The quantitative estimate of drug-likeness (QED) is 0.270. The third-order valence-corrected chi connectivity index (χ3v) is 7.38. The number of anilines is 2. The van der Waals surface area contributed by atoms with Gasteiger partial charge in [-0.15, -0.1) is 11.3 Å². The number of rotatable bonds is 6. The second-order valence-electron chi connectivity index (χ2n) is 10.6. The number of likely N-dealkylation sites (tertiary alicyclic amines) is 1. The highest BCUT2D eigenvalue weighted by Crippen LogP contribution is 2.26. The van der Waals surface area contributed by atoms with E-state index in [-0.39, 0.29) is 5.41 Å². The zero-order chi connectivity index (χ0) is 27.2. The molecular formula is C30H33N5O3S. The van der Waals surface area contributed by atoms with E-state index in [2.05, 4.69) is 37.5 Å². The van der Waals surface area contributed by atoms with Crippen LogP contribution in [0, 0.1) is 11.8 Å².